The van der Waals surface area contributed by atoms with Crippen molar-refractivity contribution in [3.63, 3.8) is 0 Å². The first kappa shape index (κ1) is 20.2. The fourth-order valence-corrected chi connectivity index (χ4v) is 2.33. The van der Waals surface area contributed by atoms with Crippen molar-refractivity contribution in [2.24, 2.45) is 0 Å². The first-order valence-electron chi connectivity index (χ1n) is 9.08. The van der Waals surface area contributed by atoms with E-state index in [0.717, 1.165) is 11.1 Å². The highest BCUT2D eigenvalue weighted by Crippen LogP contribution is 2.05. The van der Waals surface area contributed by atoms with E-state index < -0.39 is 0 Å². The average Bonchev–Trinajstić information content (AvgIpc) is 2.67. The maximum atomic E-state index is 11.8. The summed E-state index contributed by atoms with van der Waals surface area (Å²) < 4.78 is 0. The number of aryl methyl sites for hydroxylation is 2. The summed E-state index contributed by atoms with van der Waals surface area (Å²) in [4.78, 5) is 23.5. The molecule has 0 aliphatic carbocycles. The van der Waals surface area contributed by atoms with E-state index >= 15 is 0 Å². The van der Waals surface area contributed by atoms with Crippen LogP contribution >= 0.6 is 0 Å². The van der Waals surface area contributed by atoms with Gasteiger partial charge in [0, 0.05) is 25.2 Å². The molecule has 27 heavy (non-hydrogen) atoms. The van der Waals surface area contributed by atoms with Crippen LogP contribution in [0.4, 0.5) is 0 Å². The number of rotatable bonds is 8. The molecule has 0 bridgehead atoms. The molecule has 0 spiro atoms. The molecule has 0 unspecified atom stereocenters. The second kappa shape index (κ2) is 10.8. The van der Waals surface area contributed by atoms with Gasteiger partial charge in [0.1, 0.15) is 0 Å². The molecule has 2 aromatic carbocycles. The monoisotopic (exact) mass is 362 g/mol. The first-order chi connectivity index (χ1) is 13.0. The number of hydrogen-bond donors (Lipinski definition) is 2. The third-order valence-corrected chi connectivity index (χ3v) is 3.96. The fourth-order valence-electron chi connectivity index (χ4n) is 2.33. The van der Waals surface area contributed by atoms with Gasteiger partial charge < -0.3 is 10.6 Å². The van der Waals surface area contributed by atoms with E-state index in [2.05, 4.69) is 10.6 Å². The van der Waals surface area contributed by atoms with Crippen LogP contribution < -0.4 is 10.6 Å². The molecular weight excluding hydrogens is 336 g/mol. The predicted molar refractivity (Wildman–Crippen MR) is 111 cm³/mol. The van der Waals surface area contributed by atoms with Gasteiger partial charge in [-0.1, -0.05) is 59.7 Å². The maximum absolute atomic E-state index is 11.8. The van der Waals surface area contributed by atoms with Crippen LogP contribution in [0.2, 0.25) is 0 Å². The molecule has 0 atom stereocenters. The van der Waals surface area contributed by atoms with Crippen LogP contribution in [0.3, 0.4) is 0 Å². The molecule has 2 amide bonds. The molecule has 2 rings (SSSR count). The summed E-state index contributed by atoms with van der Waals surface area (Å²) in [6, 6.07) is 15.9. The molecule has 0 aliphatic heterocycles. The summed E-state index contributed by atoms with van der Waals surface area (Å²) in [6.07, 6.45) is 7.29. The molecule has 2 N–H and O–H groups in total. The van der Waals surface area contributed by atoms with Gasteiger partial charge in [-0.2, -0.15) is 0 Å². The SMILES string of the molecule is Cc1ccc(C=CC(=O)NCCCNC(=O)C=Cc2ccc(C)cc2)cc1. The lowest BCUT2D eigenvalue weighted by Crippen LogP contribution is -2.28. The minimum Gasteiger partial charge on any atom is -0.352 e. The zero-order valence-corrected chi connectivity index (χ0v) is 15.9. The molecule has 0 aliphatic rings. The van der Waals surface area contributed by atoms with Crippen LogP contribution in [0.15, 0.2) is 60.7 Å². The van der Waals surface area contributed by atoms with E-state index in [1.807, 2.05) is 62.4 Å². The van der Waals surface area contributed by atoms with Crippen LogP contribution in [0.5, 0.6) is 0 Å². The first-order valence-corrected chi connectivity index (χ1v) is 9.08. The van der Waals surface area contributed by atoms with Crippen LogP contribution in [-0.2, 0) is 9.59 Å². The van der Waals surface area contributed by atoms with Crippen LogP contribution in [-0.4, -0.2) is 24.9 Å². The van der Waals surface area contributed by atoms with Crippen molar-refractivity contribution in [1.29, 1.82) is 0 Å². The highest BCUT2D eigenvalue weighted by atomic mass is 16.2. The van der Waals surface area contributed by atoms with Crippen molar-refractivity contribution in [2.75, 3.05) is 13.1 Å². The zero-order valence-electron chi connectivity index (χ0n) is 15.9. The molecule has 0 saturated carbocycles. The Morgan fingerprint density at radius 2 is 1.07 bits per heavy atom. The van der Waals surface area contributed by atoms with Crippen LogP contribution in [0.1, 0.15) is 28.7 Å². The Balaban J connectivity index is 1.60. The van der Waals surface area contributed by atoms with E-state index in [4.69, 9.17) is 0 Å². The van der Waals surface area contributed by atoms with Crippen molar-refractivity contribution < 1.29 is 9.59 Å². The van der Waals surface area contributed by atoms with Crippen molar-refractivity contribution >= 4 is 24.0 Å². The normalized spacial score (nSPS) is 11.0. The highest BCUT2D eigenvalue weighted by molar-refractivity contribution is 5.92. The van der Waals surface area contributed by atoms with Gasteiger partial charge in [0.2, 0.25) is 11.8 Å². The second-order valence-corrected chi connectivity index (χ2v) is 6.42. The minimum atomic E-state index is -0.138. The molecular formula is C23H26N2O2. The second-order valence-electron chi connectivity index (χ2n) is 6.42. The standard InChI is InChI=1S/C23H26N2O2/c1-18-4-8-20(9-5-18)12-14-22(26)24-16-3-17-25-23(27)15-13-21-10-6-19(2)7-11-21/h4-15H,3,16-17H2,1-2H3,(H,24,26)(H,25,27). The Morgan fingerprint density at radius 3 is 1.44 bits per heavy atom. The Morgan fingerprint density at radius 1 is 0.704 bits per heavy atom. The molecule has 0 saturated heterocycles. The van der Waals surface area contributed by atoms with E-state index in [0.29, 0.717) is 19.5 Å². The molecule has 0 heterocycles. The van der Waals surface area contributed by atoms with E-state index in [-0.39, 0.29) is 11.8 Å². The summed E-state index contributed by atoms with van der Waals surface area (Å²) in [5.41, 5.74) is 4.35. The van der Waals surface area contributed by atoms with Crippen molar-refractivity contribution in [3.8, 4) is 0 Å². The van der Waals surface area contributed by atoms with Gasteiger partial charge in [-0.05, 0) is 43.5 Å². The lowest BCUT2D eigenvalue weighted by Gasteiger charge is -2.03. The summed E-state index contributed by atoms with van der Waals surface area (Å²) in [7, 11) is 0. The number of hydrogen-bond acceptors (Lipinski definition) is 2. The molecule has 0 fully saturated rings. The van der Waals surface area contributed by atoms with Crippen LogP contribution in [0, 0.1) is 13.8 Å². The van der Waals surface area contributed by atoms with Gasteiger partial charge in [-0.3, -0.25) is 9.59 Å². The molecule has 0 radical (unpaired) electrons. The van der Waals surface area contributed by atoms with E-state index in [1.165, 1.54) is 23.3 Å². The van der Waals surface area contributed by atoms with Gasteiger partial charge in [0.15, 0.2) is 0 Å². The summed E-state index contributed by atoms with van der Waals surface area (Å²) in [5.74, 6) is -0.276. The number of benzene rings is 2. The lowest BCUT2D eigenvalue weighted by molar-refractivity contribution is -0.116. The Kier molecular flexibility index (Phi) is 8.04. The summed E-state index contributed by atoms with van der Waals surface area (Å²) >= 11 is 0. The highest BCUT2D eigenvalue weighted by Gasteiger charge is 1.97. The molecule has 0 aromatic heterocycles. The third-order valence-electron chi connectivity index (χ3n) is 3.96. The quantitative estimate of drug-likeness (QED) is 0.556. The summed E-state index contributed by atoms with van der Waals surface area (Å²) in [6.45, 7) is 5.08. The van der Waals surface area contributed by atoms with E-state index in [9.17, 15) is 9.59 Å². The predicted octanol–water partition coefficient (Wildman–Crippen LogP) is 3.65. The Bertz CT molecular complexity index is 734. The summed E-state index contributed by atoms with van der Waals surface area (Å²) in [5, 5.41) is 5.61. The number of nitrogens with one attached hydrogen (secondary N) is 2. The lowest BCUT2D eigenvalue weighted by atomic mass is 10.1. The maximum Gasteiger partial charge on any atom is 0.244 e. The van der Waals surface area contributed by atoms with Crippen LogP contribution in [0.25, 0.3) is 12.2 Å². The van der Waals surface area contributed by atoms with E-state index in [1.54, 1.807) is 12.2 Å². The van der Waals surface area contributed by atoms with Crippen molar-refractivity contribution in [2.45, 2.75) is 20.3 Å². The Labute approximate surface area is 161 Å². The number of carbonyl (C=O) groups excluding carboxylic acids is 2. The fraction of sp³-hybridized carbons (Fsp3) is 0.217. The number of carbonyl (C=O) groups is 2. The Hall–Kier alpha value is -3.14. The topological polar surface area (TPSA) is 58.2 Å². The van der Waals surface area contributed by atoms with Gasteiger partial charge >= 0.3 is 0 Å². The van der Waals surface area contributed by atoms with Crippen molar-refractivity contribution in [3.05, 3.63) is 82.9 Å². The van der Waals surface area contributed by atoms with Gasteiger partial charge in [-0.25, -0.2) is 0 Å². The zero-order chi connectivity index (χ0) is 19.5. The smallest absolute Gasteiger partial charge is 0.244 e. The molecule has 140 valence electrons. The van der Waals surface area contributed by atoms with Gasteiger partial charge in [0.25, 0.3) is 0 Å². The third kappa shape index (κ3) is 8.19. The number of amides is 2. The van der Waals surface area contributed by atoms with Crippen molar-refractivity contribution in [1.82, 2.24) is 10.6 Å². The minimum absolute atomic E-state index is 0.138. The molecule has 4 heteroatoms. The van der Waals surface area contributed by atoms with Gasteiger partial charge in [0.05, 0.1) is 0 Å². The van der Waals surface area contributed by atoms with Gasteiger partial charge in [-0.15, -0.1) is 0 Å². The average molecular weight is 362 g/mol. The largest absolute Gasteiger partial charge is 0.352 e. The molecule has 4 nitrogen and oxygen atoms in total. The molecule has 2 aromatic rings.